The number of aliphatic carboxylic acids is 1. The van der Waals surface area contributed by atoms with E-state index < -0.39 is 38.6 Å². The van der Waals surface area contributed by atoms with E-state index in [2.05, 4.69) is 5.32 Å². The van der Waals surface area contributed by atoms with Gasteiger partial charge in [0.05, 0.1) is 11.7 Å². The summed E-state index contributed by atoms with van der Waals surface area (Å²) in [5.41, 5.74) is 0. The van der Waals surface area contributed by atoms with Gasteiger partial charge in [-0.2, -0.15) is 0 Å². The molecule has 0 spiro atoms. The molecule has 0 heterocycles. The van der Waals surface area contributed by atoms with Gasteiger partial charge < -0.3 is 10.4 Å². The predicted octanol–water partition coefficient (Wildman–Crippen LogP) is 1.10. The highest BCUT2D eigenvalue weighted by molar-refractivity contribution is 7.93. The van der Waals surface area contributed by atoms with Gasteiger partial charge in [-0.3, -0.25) is 9.59 Å². The first kappa shape index (κ1) is 16.9. The van der Waals surface area contributed by atoms with Crippen molar-refractivity contribution in [2.24, 2.45) is 0 Å². The molecule has 116 valence electrons. The van der Waals surface area contributed by atoms with Crippen LogP contribution in [0, 0.1) is 0 Å². The lowest BCUT2D eigenvalue weighted by Crippen LogP contribution is -2.46. The second-order valence-corrected chi connectivity index (χ2v) is 8.17. The van der Waals surface area contributed by atoms with Crippen molar-refractivity contribution in [1.29, 1.82) is 0 Å². The quantitative estimate of drug-likeness (QED) is 0.765. The van der Waals surface area contributed by atoms with Crippen molar-refractivity contribution in [3.8, 4) is 0 Å². The molecule has 0 aliphatic heterocycles. The molecule has 1 fully saturated rings. The minimum absolute atomic E-state index is 0.0451. The molecule has 0 radical (unpaired) electrons. The van der Waals surface area contributed by atoms with Crippen LogP contribution < -0.4 is 5.32 Å². The molecule has 7 heteroatoms. The van der Waals surface area contributed by atoms with Crippen LogP contribution in [0.4, 0.5) is 0 Å². The highest BCUT2D eigenvalue weighted by Crippen LogP contribution is 2.19. The van der Waals surface area contributed by atoms with Crippen molar-refractivity contribution in [3.63, 3.8) is 0 Å². The molecule has 0 saturated heterocycles. The Bertz CT molecular complexity index is 453. The summed E-state index contributed by atoms with van der Waals surface area (Å²) >= 11 is 0. The maximum atomic E-state index is 12.1. The van der Waals surface area contributed by atoms with Crippen molar-refractivity contribution in [3.05, 3.63) is 0 Å². The van der Waals surface area contributed by atoms with E-state index in [1.54, 1.807) is 0 Å². The van der Waals surface area contributed by atoms with Gasteiger partial charge in [0.2, 0.25) is 5.91 Å². The third-order valence-corrected chi connectivity index (χ3v) is 6.32. The first-order chi connectivity index (χ1) is 9.25. The Kier molecular flexibility index (Phi) is 5.98. The molecule has 6 nitrogen and oxygen atoms in total. The van der Waals surface area contributed by atoms with Crippen LogP contribution in [-0.4, -0.2) is 41.9 Å². The van der Waals surface area contributed by atoms with E-state index in [4.69, 9.17) is 5.11 Å². The smallest absolute Gasteiger partial charge is 0.304 e. The monoisotopic (exact) mass is 305 g/mol. The van der Waals surface area contributed by atoms with Crippen molar-refractivity contribution >= 4 is 21.7 Å². The molecule has 0 aromatic heterocycles. The molecule has 0 bridgehead atoms. The standard InChI is InChI=1S/C13H23NO5S/c1-9(8-12(15)16)20(18,19)10(2)13(17)14-11-6-4-3-5-7-11/h9-11H,3-8H2,1-2H3,(H,14,17)(H,15,16). The third-order valence-electron chi connectivity index (χ3n) is 3.84. The highest BCUT2D eigenvalue weighted by atomic mass is 32.2. The van der Waals surface area contributed by atoms with E-state index in [1.807, 2.05) is 0 Å². The lowest BCUT2D eigenvalue weighted by molar-refractivity contribution is -0.137. The van der Waals surface area contributed by atoms with Gasteiger partial charge in [-0.1, -0.05) is 19.3 Å². The summed E-state index contributed by atoms with van der Waals surface area (Å²) in [6, 6.07) is 0.0451. The van der Waals surface area contributed by atoms with Crippen LogP contribution >= 0.6 is 0 Å². The van der Waals surface area contributed by atoms with E-state index in [9.17, 15) is 18.0 Å². The summed E-state index contributed by atoms with van der Waals surface area (Å²) < 4.78 is 24.2. The van der Waals surface area contributed by atoms with Crippen LogP contribution in [0.2, 0.25) is 0 Å². The van der Waals surface area contributed by atoms with E-state index in [0.717, 1.165) is 32.1 Å². The van der Waals surface area contributed by atoms with Gasteiger partial charge in [0, 0.05) is 6.04 Å². The summed E-state index contributed by atoms with van der Waals surface area (Å²) in [6.45, 7) is 2.65. The van der Waals surface area contributed by atoms with E-state index >= 15 is 0 Å². The molecule has 1 rings (SSSR count). The maximum Gasteiger partial charge on any atom is 0.304 e. The fourth-order valence-corrected chi connectivity index (χ4v) is 3.86. The van der Waals surface area contributed by atoms with E-state index in [-0.39, 0.29) is 6.04 Å². The van der Waals surface area contributed by atoms with Crippen LogP contribution in [-0.2, 0) is 19.4 Å². The highest BCUT2D eigenvalue weighted by Gasteiger charge is 2.35. The number of hydrogen-bond donors (Lipinski definition) is 2. The van der Waals surface area contributed by atoms with E-state index in [1.165, 1.54) is 13.8 Å². The second kappa shape index (κ2) is 7.06. The summed E-state index contributed by atoms with van der Waals surface area (Å²) in [7, 11) is -3.78. The summed E-state index contributed by atoms with van der Waals surface area (Å²) in [5, 5.41) is 9.16. The van der Waals surface area contributed by atoms with Crippen molar-refractivity contribution < 1.29 is 23.1 Å². The Balaban J connectivity index is 2.64. The minimum Gasteiger partial charge on any atom is -0.481 e. The Morgan fingerprint density at radius 2 is 1.75 bits per heavy atom. The molecular weight excluding hydrogens is 282 g/mol. The van der Waals surface area contributed by atoms with Crippen LogP contribution in [0.25, 0.3) is 0 Å². The van der Waals surface area contributed by atoms with Crippen LogP contribution in [0.5, 0.6) is 0 Å². The molecule has 1 aliphatic carbocycles. The normalized spacial score (nSPS) is 20.1. The number of rotatable bonds is 6. The fourth-order valence-electron chi connectivity index (χ4n) is 2.43. The number of amides is 1. The second-order valence-electron chi connectivity index (χ2n) is 5.48. The molecule has 2 unspecified atom stereocenters. The molecule has 1 amide bonds. The first-order valence-corrected chi connectivity index (χ1v) is 8.61. The van der Waals surface area contributed by atoms with Crippen LogP contribution in [0.15, 0.2) is 0 Å². The number of nitrogens with one attached hydrogen (secondary N) is 1. The third kappa shape index (κ3) is 4.47. The van der Waals surface area contributed by atoms with Gasteiger partial charge >= 0.3 is 5.97 Å². The lowest BCUT2D eigenvalue weighted by atomic mass is 9.95. The average molecular weight is 305 g/mol. The van der Waals surface area contributed by atoms with Crippen LogP contribution in [0.3, 0.4) is 0 Å². The summed E-state index contributed by atoms with van der Waals surface area (Å²) in [5.74, 6) is -1.70. The Labute approximate surface area is 119 Å². The Morgan fingerprint density at radius 3 is 2.25 bits per heavy atom. The van der Waals surface area contributed by atoms with Gasteiger partial charge in [0.25, 0.3) is 0 Å². The molecule has 2 N–H and O–H groups in total. The zero-order valence-electron chi connectivity index (χ0n) is 12.0. The molecule has 20 heavy (non-hydrogen) atoms. The number of hydrogen-bond acceptors (Lipinski definition) is 4. The fraction of sp³-hybridized carbons (Fsp3) is 0.846. The SMILES string of the molecule is CC(CC(=O)O)S(=O)(=O)C(C)C(=O)NC1CCCCC1. The minimum atomic E-state index is -3.78. The van der Waals surface area contributed by atoms with Gasteiger partial charge in [-0.05, 0) is 26.7 Å². The largest absolute Gasteiger partial charge is 0.481 e. The molecule has 2 atom stereocenters. The molecule has 0 aromatic rings. The lowest BCUT2D eigenvalue weighted by Gasteiger charge is -2.25. The topological polar surface area (TPSA) is 101 Å². The first-order valence-electron chi connectivity index (χ1n) is 7.00. The number of carbonyl (C=O) groups is 2. The zero-order valence-corrected chi connectivity index (χ0v) is 12.8. The Morgan fingerprint density at radius 1 is 1.20 bits per heavy atom. The van der Waals surface area contributed by atoms with Crippen molar-refractivity contribution in [1.82, 2.24) is 5.32 Å². The number of carbonyl (C=O) groups excluding carboxylic acids is 1. The van der Waals surface area contributed by atoms with Crippen molar-refractivity contribution in [2.75, 3.05) is 0 Å². The summed E-state index contributed by atoms with van der Waals surface area (Å²) in [4.78, 5) is 22.6. The van der Waals surface area contributed by atoms with Gasteiger partial charge in [-0.15, -0.1) is 0 Å². The summed E-state index contributed by atoms with van der Waals surface area (Å²) in [6.07, 6.45) is 4.51. The predicted molar refractivity (Wildman–Crippen MR) is 75.1 cm³/mol. The van der Waals surface area contributed by atoms with Gasteiger partial charge in [0.15, 0.2) is 9.84 Å². The van der Waals surface area contributed by atoms with Crippen LogP contribution in [0.1, 0.15) is 52.4 Å². The molecular formula is C13H23NO5S. The van der Waals surface area contributed by atoms with E-state index in [0.29, 0.717) is 0 Å². The number of sulfone groups is 1. The maximum absolute atomic E-state index is 12.1. The molecule has 0 aromatic carbocycles. The zero-order chi connectivity index (χ0) is 15.3. The van der Waals surface area contributed by atoms with Crippen molar-refractivity contribution in [2.45, 2.75) is 68.9 Å². The van der Waals surface area contributed by atoms with Gasteiger partial charge in [-0.25, -0.2) is 8.42 Å². The average Bonchev–Trinajstić information content (AvgIpc) is 2.38. The Hall–Kier alpha value is -1.11. The van der Waals surface area contributed by atoms with Gasteiger partial charge in [0.1, 0.15) is 5.25 Å². The molecule has 1 saturated carbocycles. The molecule has 1 aliphatic rings. The number of carboxylic acid groups (broad SMARTS) is 1. The number of carboxylic acids is 1.